The molecule has 0 bridgehead atoms. The Kier molecular flexibility index (Phi) is 4.77. The zero-order valence-corrected chi connectivity index (χ0v) is 14.6. The Labute approximate surface area is 154 Å². The van der Waals surface area contributed by atoms with Gasteiger partial charge < -0.3 is 16.0 Å². The van der Waals surface area contributed by atoms with E-state index in [0.29, 0.717) is 34.5 Å². The molecule has 1 aliphatic heterocycles. The molecule has 1 aromatic carbocycles. The lowest BCUT2D eigenvalue weighted by atomic mass is 10.1. The van der Waals surface area contributed by atoms with Crippen LogP contribution in [0.3, 0.4) is 0 Å². The number of rotatable bonds is 4. The average molecular weight is 374 g/mol. The number of halogens is 2. The van der Waals surface area contributed by atoms with Crippen molar-refractivity contribution in [3.8, 4) is 0 Å². The van der Waals surface area contributed by atoms with Gasteiger partial charge in [0.05, 0.1) is 11.2 Å². The first kappa shape index (κ1) is 16.9. The maximum atomic E-state index is 13.3. The minimum absolute atomic E-state index is 0.0382. The molecule has 4 rings (SSSR count). The summed E-state index contributed by atoms with van der Waals surface area (Å²) in [7, 11) is 0. The lowest BCUT2D eigenvalue weighted by Crippen LogP contribution is -2.35. The van der Waals surface area contributed by atoms with E-state index in [1.165, 1.54) is 18.5 Å². The normalized spacial score (nSPS) is 15.2. The Balaban J connectivity index is 1.63. The maximum Gasteiger partial charge on any atom is 0.223 e. The summed E-state index contributed by atoms with van der Waals surface area (Å²) in [4.78, 5) is 17.4. The Morgan fingerprint density at radius 2 is 2.00 bits per heavy atom. The van der Waals surface area contributed by atoms with Gasteiger partial charge in [-0.2, -0.15) is 0 Å². The summed E-state index contributed by atoms with van der Waals surface area (Å²) in [5.41, 5.74) is 1.81. The maximum absolute atomic E-state index is 13.3. The van der Waals surface area contributed by atoms with Crippen molar-refractivity contribution >= 4 is 40.1 Å². The zero-order valence-electron chi connectivity index (χ0n) is 13.8. The summed E-state index contributed by atoms with van der Waals surface area (Å²) in [6.07, 6.45) is 5.13. The summed E-state index contributed by atoms with van der Waals surface area (Å²) in [5, 5.41) is 9.84. The summed E-state index contributed by atoms with van der Waals surface area (Å²) in [6.45, 7) is 1.96. The second kappa shape index (κ2) is 7.35. The molecule has 2 aromatic heterocycles. The fourth-order valence-corrected chi connectivity index (χ4v) is 3.06. The summed E-state index contributed by atoms with van der Waals surface area (Å²) in [5.74, 6) is 0.577. The van der Waals surface area contributed by atoms with Crippen LogP contribution in [0.4, 0.5) is 21.8 Å². The largest absolute Gasteiger partial charge is 0.351 e. The van der Waals surface area contributed by atoms with E-state index in [1.807, 2.05) is 0 Å². The van der Waals surface area contributed by atoms with Crippen molar-refractivity contribution in [3.05, 3.63) is 41.6 Å². The first-order chi connectivity index (χ1) is 12.7. The van der Waals surface area contributed by atoms with Gasteiger partial charge in [-0.1, -0.05) is 11.6 Å². The van der Waals surface area contributed by atoms with E-state index in [0.717, 1.165) is 25.9 Å². The molecule has 3 heterocycles. The SMILES string of the molecule is Fc1ccc(Nc2ncnc3cnc(NC4CCNCC4)nc23)cc1Cl. The number of anilines is 3. The summed E-state index contributed by atoms with van der Waals surface area (Å²) in [6, 6.07) is 4.73. The van der Waals surface area contributed by atoms with Crippen LogP contribution in [-0.2, 0) is 0 Å². The number of fused-ring (bicyclic) bond motifs is 1. The van der Waals surface area contributed by atoms with Gasteiger partial charge in [0, 0.05) is 11.7 Å². The van der Waals surface area contributed by atoms with Gasteiger partial charge >= 0.3 is 0 Å². The van der Waals surface area contributed by atoms with Gasteiger partial charge in [0.1, 0.15) is 23.2 Å². The van der Waals surface area contributed by atoms with Gasteiger partial charge in [0.25, 0.3) is 0 Å². The van der Waals surface area contributed by atoms with E-state index in [-0.39, 0.29) is 5.02 Å². The van der Waals surface area contributed by atoms with Crippen molar-refractivity contribution in [1.29, 1.82) is 0 Å². The predicted octanol–water partition coefficient (Wildman–Crippen LogP) is 3.12. The fraction of sp³-hybridized carbons (Fsp3) is 0.294. The molecule has 134 valence electrons. The van der Waals surface area contributed by atoms with E-state index >= 15 is 0 Å². The summed E-state index contributed by atoms with van der Waals surface area (Å²) >= 11 is 5.84. The minimum Gasteiger partial charge on any atom is -0.351 e. The van der Waals surface area contributed by atoms with Crippen molar-refractivity contribution in [3.63, 3.8) is 0 Å². The highest BCUT2D eigenvalue weighted by Gasteiger charge is 2.15. The van der Waals surface area contributed by atoms with Crippen LogP contribution in [0.2, 0.25) is 5.02 Å². The van der Waals surface area contributed by atoms with Crippen LogP contribution in [-0.4, -0.2) is 39.1 Å². The molecule has 0 spiro atoms. The molecule has 1 aliphatic rings. The van der Waals surface area contributed by atoms with Gasteiger partial charge in [-0.15, -0.1) is 0 Å². The van der Waals surface area contributed by atoms with E-state index < -0.39 is 5.82 Å². The molecule has 0 unspecified atom stereocenters. The Bertz CT molecular complexity index is 930. The standard InChI is InChI=1S/C17H17ClFN7/c18-12-7-11(1-2-13(12)19)24-16-15-14(22-9-23-16)8-21-17(26-15)25-10-3-5-20-6-4-10/h1-2,7-10,20H,3-6H2,(H,21,25,26)(H,22,23,24). The number of nitrogens with zero attached hydrogens (tertiary/aromatic N) is 4. The minimum atomic E-state index is -0.472. The molecule has 1 saturated heterocycles. The molecule has 0 radical (unpaired) electrons. The first-order valence-electron chi connectivity index (χ1n) is 8.36. The van der Waals surface area contributed by atoms with Gasteiger partial charge in [-0.3, -0.25) is 0 Å². The highest BCUT2D eigenvalue weighted by molar-refractivity contribution is 6.31. The zero-order chi connectivity index (χ0) is 17.9. The lowest BCUT2D eigenvalue weighted by molar-refractivity contribution is 0.477. The molecule has 7 nitrogen and oxygen atoms in total. The molecule has 0 amide bonds. The van der Waals surface area contributed by atoms with Crippen LogP contribution in [0.1, 0.15) is 12.8 Å². The van der Waals surface area contributed by atoms with E-state index in [2.05, 4.69) is 35.9 Å². The monoisotopic (exact) mass is 373 g/mol. The van der Waals surface area contributed by atoms with Crippen molar-refractivity contribution in [2.75, 3.05) is 23.7 Å². The van der Waals surface area contributed by atoms with Gasteiger partial charge in [0.2, 0.25) is 5.95 Å². The lowest BCUT2D eigenvalue weighted by Gasteiger charge is -2.23. The van der Waals surface area contributed by atoms with Crippen molar-refractivity contribution in [2.24, 2.45) is 0 Å². The van der Waals surface area contributed by atoms with Crippen molar-refractivity contribution < 1.29 is 4.39 Å². The molecular formula is C17H17ClFN7. The molecule has 0 saturated carbocycles. The Hall–Kier alpha value is -2.58. The van der Waals surface area contributed by atoms with Gasteiger partial charge in [0.15, 0.2) is 5.82 Å². The second-order valence-corrected chi connectivity index (χ2v) is 6.48. The highest BCUT2D eigenvalue weighted by Crippen LogP contribution is 2.25. The topological polar surface area (TPSA) is 87.7 Å². The van der Waals surface area contributed by atoms with Gasteiger partial charge in [-0.05, 0) is 44.1 Å². The number of piperidine rings is 1. The molecule has 26 heavy (non-hydrogen) atoms. The van der Waals surface area contributed by atoms with Crippen LogP contribution in [0, 0.1) is 5.82 Å². The van der Waals surface area contributed by atoms with E-state index in [1.54, 1.807) is 12.3 Å². The number of benzene rings is 1. The van der Waals surface area contributed by atoms with Crippen LogP contribution >= 0.6 is 11.6 Å². The molecule has 1 fully saturated rings. The van der Waals surface area contributed by atoms with E-state index in [9.17, 15) is 4.39 Å². The smallest absolute Gasteiger partial charge is 0.223 e. The third-order valence-electron chi connectivity index (χ3n) is 4.23. The van der Waals surface area contributed by atoms with Crippen molar-refractivity contribution in [2.45, 2.75) is 18.9 Å². The second-order valence-electron chi connectivity index (χ2n) is 6.07. The molecule has 0 aliphatic carbocycles. The Morgan fingerprint density at radius 3 is 2.81 bits per heavy atom. The fourth-order valence-electron chi connectivity index (χ4n) is 2.87. The number of hydrogen-bond donors (Lipinski definition) is 3. The van der Waals surface area contributed by atoms with Gasteiger partial charge in [-0.25, -0.2) is 24.3 Å². The van der Waals surface area contributed by atoms with Crippen molar-refractivity contribution in [1.82, 2.24) is 25.3 Å². The third-order valence-corrected chi connectivity index (χ3v) is 4.52. The number of hydrogen-bond acceptors (Lipinski definition) is 7. The molecule has 3 aromatic rings. The molecular weight excluding hydrogens is 357 g/mol. The quantitative estimate of drug-likeness (QED) is 0.647. The molecule has 3 N–H and O–H groups in total. The number of aromatic nitrogens is 4. The third kappa shape index (κ3) is 3.66. The van der Waals surface area contributed by atoms with Crippen LogP contribution in [0.25, 0.3) is 11.0 Å². The number of nitrogens with one attached hydrogen (secondary N) is 3. The van der Waals surface area contributed by atoms with Crippen LogP contribution in [0.5, 0.6) is 0 Å². The molecule has 9 heteroatoms. The van der Waals surface area contributed by atoms with E-state index in [4.69, 9.17) is 11.6 Å². The van der Waals surface area contributed by atoms with Crippen LogP contribution < -0.4 is 16.0 Å². The predicted molar refractivity (Wildman–Crippen MR) is 99.3 cm³/mol. The Morgan fingerprint density at radius 1 is 1.15 bits per heavy atom. The molecule has 0 atom stereocenters. The van der Waals surface area contributed by atoms with Crippen LogP contribution in [0.15, 0.2) is 30.7 Å². The highest BCUT2D eigenvalue weighted by atomic mass is 35.5. The first-order valence-corrected chi connectivity index (χ1v) is 8.74. The average Bonchev–Trinajstić information content (AvgIpc) is 2.66. The summed E-state index contributed by atoms with van der Waals surface area (Å²) < 4.78 is 13.3.